The molecule has 0 aliphatic rings. The van der Waals surface area contributed by atoms with Gasteiger partial charge in [-0.15, -0.1) is 0 Å². The van der Waals surface area contributed by atoms with Crippen molar-refractivity contribution in [1.82, 2.24) is 10.1 Å². The van der Waals surface area contributed by atoms with Crippen LogP contribution in [0.4, 0.5) is 5.82 Å². The largest absolute Gasteiger partial charge is 0.360 e. The van der Waals surface area contributed by atoms with Gasteiger partial charge in [0.25, 0.3) is 0 Å². The molecule has 0 saturated carbocycles. The van der Waals surface area contributed by atoms with Crippen LogP contribution in [0, 0.1) is 6.92 Å². The van der Waals surface area contributed by atoms with E-state index < -0.39 is 11.8 Å². The molecular formula is C18H21N3O3. The fourth-order valence-corrected chi connectivity index (χ4v) is 2.16. The highest BCUT2D eigenvalue weighted by molar-refractivity contribution is 6.39. The van der Waals surface area contributed by atoms with Crippen molar-refractivity contribution in [3.63, 3.8) is 0 Å². The molecule has 0 aliphatic carbocycles. The molecule has 2 amide bonds. The molecular weight excluding hydrogens is 306 g/mol. The maximum Gasteiger partial charge on any atom is 0.315 e. The first kappa shape index (κ1) is 17.5. The number of rotatable bonds is 6. The number of carbonyl (C=O) groups excluding carboxylic acids is 2. The second-order valence-corrected chi connectivity index (χ2v) is 5.34. The summed E-state index contributed by atoms with van der Waals surface area (Å²) < 4.78 is 4.87. The molecule has 0 saturated heterocycles. The minimum Gasteiger partial charge on any atom is -0.360 e. The topological polar surface area (TPSA) is 75.4 Å². The third-order valence-electron chi connectivity index (χ3n) is 3.28. The van der Waals surface area contributed by atoms with Crippen LogP contribution in [0.1, 0.15) is 24.7 Å². The summed E-state index contributed by atoms with van der Waals surface area (Å²) in [6.45, 7) is 4.54. The van der Waals surface area contributed by atoms with Crippen molar-refractivity contribution in [1.29, 1.82) is 0 Å². The maximum atomic E-state index is 12.3. The predicted octanol–water partition coefficient (Wildman–Crippen LogP) is 2.87. The number of nitrogens with one attached hydrogen (secondary N) is 1. The molecule has 2 aromatic rings. The number of hydrogen-bond acceptors (Lipinski definition) is 4. The van der Waals surface area contributed by atoms with Gasteiger partial charge in [0.1, 0.15) is 5.76 Å². The molecule has 6 nitrogen and oxygen atoms in total. The quantitative estimate of drug-likeness (QED) is 0.828. The van der Waals surface area contributed by atoms with E-state index in [4.69, 9.17) is 4.52 Å². The number of aryl methyl sites for hydroxylation is 1. The van der Waals surface area contributed by atoms with Crippen LogP contribution in [0.5, 0.6) is 0 Å². The highest BCUT2D eigenvalue weighted by atomic mass is 16.5. The summed E-state index contributed by atoms with van der Waals surface area (Å²) in [5.74, 6) is -0.504. The van der Waals surface area contributed by atoms with E-state index in [2.05, 4.69) is 10.5 Å². The zero-order valence-corrected chi connectivity index (χ0v) is 13.9. The van der Waals surface area contributed by atoms with Crippen LogP contribution in [0.25, 0.3) is 6.08 Å². The summed E-state index contributed by atoms with van der Waals surface area (Å²) in [6.07, 6.45) is 4.56. The Hall–Kier alpha value is -2.89. The zero-order chi connectivity index (χ0) is 17.4. The van der Waals surface area contributed by atoms with Gasteiger partial charge in [0.05, 0.1) is 0 Å². The van der Waals surface area contributed by atoms with Crippen molar-refractivity contribution in [3.8, 4) is 0 Å². The molecule has 0 spiro atoms. The Morgan fingerprint density at radius 1 is 1.29 bits per heavy atom. The van der Waals surface area contributed by atoms with Crippen LogP contribution >= 0.6 is 0 Å². The van der Waals surface area contributed by atoms with Crippen LogP contribution in [-0.4, -0.2) is 35.0 Å². The van der Waals surface area contributed by atoms with Gasteiger partial charge in [0.2, 0.25) is 0 Å². The van der Waals surface area contributed by atoms with E-state index in [0.29, 0.717) is 18.8 Å². The normalized spacial score (nSPS) is 10.8. The first-order valence-corrected chi connectivity index (χ1v) is 7.85. The fraction of sp³-hybridized carbons (Fsp3) is 0.278. The Kier molecular flexibility index (Phi) is 6.31. The second-order valence-electron chi connectivity index (χ2n) is 5.34. The van der Waals surface area contributed by atoms with Crippen molar-refractivity contribution in [2.24, 2.45) is 0 Å². The van der Waals surface area contributed by atoms with E-state index in [9.17, 15) is 9.59 Å². The average Bonchev–Trinajstić information content (AvgIpc) is 2.99. The third kappa shape index (κ3) is 5.08. The van der Waals surface area contributed by atoms with Crippen LogP contribution in [-0.2, 0) is 9.59 Å². The summed E-state index contributed by atoms with van der Waals surface area (Å²) in [7, 11) is 0. The summed E-state index contributed by atoms with van der Waals surface area (Å²) in [5, 5.41) is 6.10. The van der Waals surface area contributed by atoms with Gasteiger partial charge in [0.15, 0.2) is 5.82 Å². The molecule has 1 aromatic heterocycles. The Labute approximate surface area is 141 Å². The first-order valence-electron chi connectivity index (χ1n) is 7.85. The summed E-state index contributed by atoms with van der Waals surface area (Å²) in [4.78, 5) is 25.9. The molecule has 126 valence electrons. The van der Waals surface area contributed by atoms with E-state index in [1.165, 1.54) is 4.90 Å². The van der Waals surface area contributed by atoms with Crippen molar-refractivity contribution in [3.05, 3.63) is 53.8 Å². The number of amides is 2. The minimum absolute atomic E-state index is 0.238. The van der Waals surface area contributed by atoms with E-state index in [1.807, 2.05) is 49.4 Å². The van der Waals surface area contributed by atoms with Gasteiger partial charge in [-0.2, -0.15) is 0 Å². The lowest BCUT2D eigenvalue weighted by atomic mass is 10.2. The maximum absolute atomic E-state index is 12.3. The predicted molar refractivity (Wildman–Crippen MR) is 92.2 cm³/mol. The molecule has 0 bridgehead atoms. The Bertz CT molecular complexity index is 707. The highest BCUT2D eigenvalue weighted by Crippen LogP contribution is 2.08. The lowest BCUT2D eigenvalue weighted by Crippen LogP contribution is -2.40. The van der Waals surface area contributed by atoms with Crippen molar-refractivity contribution < 1.29 is 14.1 Å². The van der Waals surface area contributed by atoms with Crippen molar-refractivity contribution in [2.45, 2.75) is 20.3 Å². The van der Waals surface area contributed by atoms with Crippen molar-refractivity contribution >= 4 is 23.7 Å². The lowest BCUT2D eigenvalue weighted by Gasteiger charge is -2.19. The monoisotopic (exact) mass is 327 g/mol. The SMILES string of the molecule is CCCN(C/C=C/c1ccccc1)C(=O)C(=O)Nc1cc(C)on1. The van der Waals surface area contributed by atoms with E-state index in [-0.39, 0.29) is 5.82 Å². The van der Waals surface area contributed by atoms with Crippen molar-refractivity contribution in [2.75, 3.05) is 18.4 Å². The number of aromatic nitrogens is 1. The number of carbonyl (C=O) groups is 2. The molecule has 0 atom stereocenters. The van der Waals surface area contributed by atoms with E-state index in [1.54, 1.807) is 13.0 Å². The summed E-state index contributed by atoms with van der Waals surface area (Å²) in [6, 6.07) is 11.3. The number of anilines is 1. The second kappa shape index (κ2) is 8.67. The summed E-state index contributed by atoms with van der Waals surface area (Å²) >= 11 is 0. The van der Waals surface area contributed by atoms with E-state index in [0.717, 1.165) is 12.0 Å². The Morgan fingerprint density at radius 3 is 2.67 bits per heavy atom. The first-order chi connectivity index (χ1) is 11.6. The molecule has 1 heterocycles. The Balaban J connectivity index is 1.96. The van der Waals surface area contributed by atoms with Crippen LogP contribution in [0.3, 0.4) is 0 Å². The van der Waals surface area contributed by atoms with Gasteiger partial charge in [-0.1, -0.05) is 54.6 Å². The molecule has 24 heavy (non-hydrogen) atoms. The van der Waals surface area contributed by atoms with Gasteiger partial charge in [-0.25, -0.2) is 0 Å². The zero-order valence-electron chi connectivity index (χ0n) is 13.9. The lowest BCUT2D eigenvalue weighted by molar-refractivity contribution is -0.142. The van der Waals surface area contributed by atoms with Gasteiger partial charge < -0.3 is 9.42 Å². The van der Waals surface area contributed by atoms with Crippen LogP contribution in [0.15, 0.2) is 47.0 Å². The van der Waals surface area contributed by atoms with Gasteiger partial charge in [-0.05, 0) is 18.9 Å². The third-order valence-corrected chi connectivity index (χ3v) is 3.28. The Morgan fingerprint density at radius 2 is 2.04 bits per heavy atom. The summed E-state index contributed by atoms with van der Waals surface area (Å²) in [5.41, 5.74) is 1.05. The molecule has 0 fully saturated rings. The van der Waals surface area contributed by atoms with Crippen LogP contribution in [0.2, 0.25) is 0 Å². The molecule has 1 N–H and O–H groups in total. The van der Waals surface area contributed by atoms with Gasteiger partial charge in [0, 0.05) is 19.2 Å². The van der Waals surface area contributed by atoms with Gasteiger partial charge in [-0.3, -0.25) is 14.9 Å². The van der Waals surface area contributed by atoms with E-state index >= 15 is 0 Å². The molecule has 0 unspecified atom stereocenters. The molecule has 0 aliphatic heterocycles. The number of hydrogen-bond donors (Lipinski definition) is 1. The molecule has 0 radical (unpaired) electrons. The highest BCUT2D eigenvalue weighted by Gasteiger charge is 2.21. The molecule has 2 rings (SSSR count). The smallest absolute Gasteiger partial charge is 0.315 e. The number of benzene rings is 1. The average molecular weight is 327 g/mol. The fourth-order valence-electron chi connectivity index (χ4n) is 2.16. The molecule has 1 aromatic carbocycles. The van der Waals surface area contributed by atoms with Gasteiger partial charge >= 0.3 is 11.8 Å². The van der Waals surface area contributed by atoms with Crippen LogP contribution < -0.4 is 5.32 Å². The number of nitrogens with zero attached hydrogens (tertiary/aromatic N) is 2. The minimum atomic E-state index is -0.718. The molecule has 6 heteroatoms. The standard InChI is InChI=1S/C18H21N3O3/c1-3-11-21(12-7-10-15-8-5-4-6-9-15)18(23)17(22)19-16-13-14(2)24-20-16/h4-10,13H,3,11-12H2,1-2H3,(H,19,20,22)/b10-7+.